The van der Waals surface area contributed by atoms with Crippen LogP contribution in [0, 0.1) is 6.92 Å². The molecule has 132 valence electrons. The molecule has 1 fully saturated rings. The third kappa shape index (κ3) is 3.57. The summed E-state index contributed by atoms with van der Waals surface area (Å²) in [5, 5.41) is 8.41. The van der Waals surface area contributed by atoms with Crippen molar-refractivity contribution in [2.24, 2.45) is 0 Å². The van der Waals surface area contributed by atoms with Gasteiger partial charge in [-0.3, -0.25) is 9.88 Å². The molecule has 0 amide bonds. The summed E-state index contributed by atoms with van der Waals surface area (Å²) in [5.74, 6) is 1.24. The first-order valence-corrected chi connectivity index (χ1v) is 8.68. The highest BCUT2D eigenvalue weighted by atomic mass is 35.5. The summed E-state index contributed by atoms with van der Waals surface area (Å²) in [7, 11) is 2.08. The molecule has 1 N–H and O–H groups in total. The highest BCUT2D eigenvalue weighted by Gasteiger charge is 2.26. The van der Waals surface area contributed by atoms with E-state index in [1.165, 1.54) is 11.3 Å². The Morgan fingerprint density at radius 3 is 2.96 bits per heavy atom. The Hall–Kier alpha value is -1.87. The van der Waals surface area contributed by atoms with Gasteiger partial charge in [-0.15, -0.1) is 23.7 Å². The lowest BCUT2D eigenvalue weighted by Gasteiger charge is -2.30. The molecule has 25 heavy (non-hydrogen) atoms. The van der Waals surface area contributed by atoms with Crippen LogP contribution in [0.4, 0.5) is 0 Å². The standard InChI is InChI=1S/C16H18N6OS.ClH/c1-10-13(24-16(19-10)11-5-3-4-6-18-11)15-20-14(21-23-15)12-9-17-7-8-22(12)2;/h3-6,12,17H,7-9H2,1-2H3;1H. The maximum Gasteiger partial charge on any atom is 0.269 e. The van der Waals surface area contributed by atoms with Crippen molar-refractivity contribution in [1.29, 1.82) is 0 Å². The van der Waals surface area contributed by atoms with Gasteiger partial charge in [-0.05, 0) is 26.1 Å². The van der Waals surface area contributed by atoms with E-state index in [1.807, 2.05) is 25.1 Å². The van der Waals surface area contributed by atoms with Crippen LogP contribution in [-0.2, 0) is 0 Å². The predicted octanol–water partition coefficient (Wildman–Crippen LogP) is 2.56. The molecule has 0 saturated carbocycles. The van der Waals surface area contributed by atoms with Gasteiger partial charge >= 0.3 is 0 Å². The van der Waals surface area contributed by atoms with Crippen LogP contribution >= 0.6 is 23.7 Å². The van der Waals surface area contributed by atoms with E-state index in [1.54, 1.807) is 6.20 Å². The minimum Gasteiger partial charge on any atom is -0.333 e. The van der Waals surface area contributed by atoms with Gasteiger partial charge in [0.25, 0.3) is 5.89 Å². The number of nitrogens with zero attached hydrogens (tertiary/aromatic N) is 5. The molecule has 0 aliphatic carbocycles. The molecular weight excluding hydrogens is 360 g/mol. The Bertz CT molecular complexity index is 836. The Morgan fingerprint density at radius 1 is 1.32 bits per heavy atom. The average Bonchev–Trinajstić information content (AvgIpc) is 3.23. The van der Waals surface area contributed by atoms with Crippen LogP contribution < -0.4 is 5.32 Å². The Kier molecular flexibility index (Phi) is 5.43. The van der Waals surface area contributed by atoms with Gasteiger partial charge in [0.1, 0.15) is 9.88 Å². The fourth-order valence-corrected chi connectivity index (χ4v) is 3.72. The van der Waals surface area contributed by atoms with Crippen molar-refractivity contribution in [2.45, 2.75) is 13.0 Å². The normalized spacial score (nSPS) is 18.1. The number of aromatic nitrogens is 4. The quantitative estimate of drug-likeness (QED) is 0.750. The van der Waals surface area contributed by atoms with Crippen LogP contribution in [0.15, 0.2) is 28.9 Å². The lowest BCUT2D eigenvalue weighted by molar-refractivity contribution is 0.190. The number of hydrogen-bond acceptors (Lipinski definition) is 8. The molecule has 1 aliphatic heterocycles. The summed E-state index contributed by atoms with van der Waals surface area (Å²) in [4.78, 5) is 16.7. The molecule has 1 saturated heterocycles. The summed E-state index contributed by atoms with van der Waals surface area (Å²) in [5.41, 5.74) is 1.73. The molecule has 0 bridgehead atoms. The maximum absolute atomic E-state index is 5.52. The van der Waals surface area contributed by atoms with Gasteiger partial charge < -0.3 is 9.84 Å². The van der Waals surface area contributed by atoms with E-state index in [9.17, 15) is 0 Å². The molecule has 1 atom stereocenters. The number of likely N-dealkylation sites (N-methyl/N-ethyl adjacent to an activating group) is 1. The van der Waals surface area contributed by atoms with Crippen molar-refractivity contribution in [3.63, 3.8) is 0 Å². The second kappa shape index (κ2) is 7.57. The van der Waals surface area contributed by atoms with E-state index in [4.69, 9.17) is 4.52 Å². The molecule has 9 heteroatoms. The Morgan fingerprint density at radius 2 is 2.20 bits per heavy atom. The number of rotatable bonds is 3. The van der Waals surface area contributed by atoms with Crippen molar-refractivity contribution in [3.05, 3.63) is 35.9 Å². The van der Waals surface area contributed by atoms with E-state index in [0.717, 1.165) is 40.9 Å². The van der Waals surface area contributed by atoms with Crippen molar-refractivity contribution < 1.29 is 4.52 Å². The summed E-state index contributed by atoms with van der Waals surface area (Å²) in [6.45, 7) is 4.74. The van der Waals surface area contributed by atoms with Gasteiger partial charge in [0, 0.05) is 25.8 Å². The molecular formula is C16H19ClN6OS. The van der Waals surface area contributed by atoms with Crippen molar-refractivity contribution in [3.8, 4) is 21.5 Å². The fraction of sp³-hybridized carbons (Fsp3) is 0.375. The Labute approximate surface area is 155 Å². The van der Waals surface area contributed by atoms with Crippen LogP contribution in [0.2, 0.25) is 0 Å². The highest BCUT2D eigenvalue weighted by Crippen LogP contribution is 2.34. The van der Waals surface area contributed by atoms with E-state index < -0.39 is 0 Å². The molecule has 0 radical (unpaired) electrons. The minimum absolute atomic E-state index is 0. The second-order valence-electron chi connectivity index (χ2n) is 5.81. The lowest BCUT2D eigenvalue weighted by atomic mass is 10.2. The molecule has 1 unspecified atom stereocenters. The monoisotopic (exact) mass is 378 g/mol. The third-order valence-electron chi connectivity index (χ3n) is 4.13. The van der Waals surface area contributed by atoms with Crippen molar-refractivity contribution in [1.82, 2.24) is 30.3 Å². The second-order valence-corrected chi connectivity index (χ2v) is 6.81. The van der Waals surface area contributed by atoms with Gasteiger partial charge in [0.05, 0.1) is 17.4 Å². The summed E-state index contributed by atoms with van der Waals surface area (Å²) < 4.78 is 5.52. The number of thiazole rings is 1. The first kappa shape index (κ1) is 17.9. The molecule has 1 aliphatic rings. The van der Waals surface area contributed by atoms with E-state index in [0.29, 0.717) is 11.7 Å². The molecule has 0 spiro atoms. The van der Waals surface area contributed by atoms with Crippen molar-refractivity contribution >= 4 is 23.7 Å². The van der Waals surface area contributed by atoms with Crippen LogP contribution in [0.25, 0.3) is 21.5 Å². The summed E-state index contributed by atoms with van der Waals surface area (Å²) in [6, 6.07) is 5.93. The van der Waals surface area contributed by atoms with Crippen LogP contribution in [0.5, 0.6) is 0 Å². The van der Waals surface area contributed by atoms with Crippen LogP contribution in [0.3, 0.4) is 0 Å². The molecule has 0 aromatic carbocycles. The minimum atomic E-state index is 0. The number of piperazine rings is 1. The zero-order chi connectivity index (χ0) is 16.5. The molecule has 4 rings (SSSR count). The number of hydrogen-bond donors (Lipinski definition) is 1. The number of pyridine rings is 1. The van der Waals surface area contributed by atoms with Gasteiger partial charge in [-0.1, -0.05) is 11.2 Å². The zero-order valence-corrected chi connectivity index (χ0v) is 15.6. The van der Waals surface area contributed by atoms with Gasteiger partial charge in [-0.25, -0.2) is 4.98 Å². The van der Waals surface area contributed by atoms with E-state index in [2.05, 4.69) is 37.4 Å². The molecule has 3 aromatic heterocycles. The molecule has 3 aromatic rings. The summed E-state index contributed by atoms with van der Waals surface area (Å²) in [6.07, 6.45) is 1.77. The van der Waals surface area contributed by atoms with Crippen LogP contribution in [-0.4, -0.2) is 51.7 Å². The van der Waals surface area contributed by atoms with E-state index in [-0.39, 0.29) is 18.4 Å². The van der Waals surface area contributed by atoms with Gasteiger partial charge in [0.15, 0.2) is 5.82 Å². The van der Waals surface area contributed by atoms with Gasteiger partial charge in [-0.2, -0.15) is 4.98 Å². The molecule has 4 heterocycles. The molecule has 7 nitrogen and oxygen atoms in total. The highest BCUT2D eigenvalue weighted by molar-refractivity contribution is 7.18. The predicted molar refractivity (Wildman–Crippen MR) is 98.9 cm³/mol. The van der Waals surface area contributed by atoms with Gasteiger partial charge in [0.2, 0.25) is 0 Å². The lowest BCUT2D eigenvalue weighted by Crippen LogP contribution is -2.44. The van der Waals surface area contributed by atoms with Crippen LogP contribution in [0.1, 0.15) is 17.6 Å². The largest absolute Gasteiger partial charge is 0.333 e. The average molecular weight is 379 g/mol. The first-order chi connectivity index (χ1) is 11.7. The van der Waals surface area contributed by atoms with E-state index >= 15 is 0 Å². The number of aryl methyl sites for hydroxylation is 1. The first-order valence-electron chi connectivity index (χ1n) is 7.86. The fourth-order valence-electron chi connectivity index (χ4n) is 2.75. The zero-order valence-electron chi connectivity index (χ0n) is 14.0. The number of halogens is 1. The smallest absolute Gasteiger partial charge is 0.269 e. The SMILES string of the molecule is Cc1nc(-c2ccccn2)sc1-c1nc(C2CNCCN2C)no1.Cl. The topological polar surface area (TPSA) is 80.0 Å². The van der Waals surface area contributed by atoms with Crippen molar-refractivity contribution in [2.75, 3.05) is 26.7 Å². The third-order valence-corrected chi connectivity index (χ3v) is 5.29. The summed E-state index contributed by atoms with van der Waals surface area (Å²) >= 11 is 1.53. The maximum atomic E-state index is 5.52. The Balaban J connectivity index is 0.00000182. The number of nitrogens with one attached hydrogen (secondary N) is 1.